The number of hydrogen-bond donors (Lipinski definition) is 2. The van der Waals surface area contributed by atoms with Crippen molar-refractivity contribution in [1.29, 1.82) is 0 Å². The highest BCUT2D eigenvalue weighted by Crippen LogP contribution is 2.39. The summed E-state index contributed by atoms with van der Waals surface area (Å²) in [4.78, 5) is 0. The van der Waals surface area contributed by atoms with Gasteiger partial charge in [-0.2, -0.15) is 8.78 Å². The average molecular weight is 234 g/mol. The lowest BCUT2D eigenvalue weighted by atomic mass is 9.98. The van der Waals surface area contributed by atoms with Crippen molar-refractivity contribution in [2.24, 2.45) is 0 Å². The van der Waals surface area contributed by atoms with Gasteiger partial charge in [0.15, 0.2) is 0 Å². The van der Waals surface area contributed by atoms with E-state index in [0.29, 0.717) is 0 Å². The Morgan fingerprint density at radius 3 is 2.12 bits per heavy atom. The molecule has 2 aromatic carbocycles. The summed E-state index contributed by atoms with van der Waals surface area (Å²) in [6.45, 7) is 0. The molecule has 2 rings (SSSR count). The van der Waals surface area contributed by atoms with E-state index in [-0.39, 0.29) is 22.5 Å². The van der Waals surface area contributed by atoms with Crippen molar-refractivity contribution in [3.8, 4) is 0 Å². The number of anilines is 2. The molecule has 0 atom stereocenters. The van der Waals surface area contributed by atoms with Gasteiger partial charge in [-0.25, -0.2) is 0 Å². The third-order valence-corrected chi connectivity index (χ3v) is 2.61. The third-order valence-electron chi connectivity index (χ3n) is 2.61. The molecule has 0 unspecified atom stereocenters. The molecule has 4 N–H and O–H groups in total. The Bertz CT molecular complexity index is 524. The van der Waals surface area contributed by atoms with Crippen LogP contribution in [0.5, 0.6) is 0 Å². The Kier molecular flexibility index (Phi) is 2.71. The summed E-state index contributed by atoms with van der Waals surface area (Å²) in [5.41, 5.74) is 10.9. The second kappa shape index (κ2) is 4.05. The highest BCUT2D eigenvalue weighted by molar-refractivity contribution is 5.69. The minimum absolute atomic E-state index is 0.0682. The molecule has 17 heavy (non-hydrogen) atoms. The first kappa shape index (κ1) is 11.4. The van der Waals surface area contributed by atoms with Gasteiger partial charge in [-0.05, 0) is 6.07 Å². The Morgan fingerprint density at radius 2 is 1.47 bits per heavy atom. The van der Waals surface area contributed by atoms with Crippen molar-refractivity contribution < 1.29 is 8.78 Å². The first-order valence-electron chi connectivity index (χ1n) is 5.11. The molecule has 0 spiro atoms. The molecule has 0 aliphatic heterocycles. The van der Waals surface area contributed by atoms with E-state index in [4.69, 9.17) is 11.5 Å². The van der Waals surface area contributed by atoms with Crippen LogP contribution in [0.4, 0.5) is 20.2 Å². The summed E-state index contributed by atoms with van der Waals surface area (Å²) < 4.78 is 28.4. The summed E-state index contributed by atoms with van der Waals surface area (Å²) in [6, 6.07) is 11.8. The van der Waals surface area contributed by atoms with Crippen LogP contribution in [0.25, 0.3) is 0 Å². The molecule has 0 amide bonds. The van der Waals surface area contributed by atoms with Crippen LogP contribution in [0.2, 0.25) is 0 Å². The number of benzene rings is 2. The summed E-state index contributed by atoms with van der Waals surface area (Å²) >= 11 is 0. The van der Waals surface area contributed by atoms with Gasteiger partial charge in [0.05, 0.1) is 16.9 Å². The normalized spacial score (nSPS) is 11.4. The fraction of sp³-hybridized carbons (Fsp3) is 0.0769. The minimum Gasteiger partial charge on any atom is -0.397 e. The minimum atomic E-state index is -3.14. The van der Waals surface area contributed by atoms with E-state index >= 15 is 0 Å². The number of para-hydroxylation sites is 1. The maximum atomic E-state index is 14.2. The van der Waals surface area contributed by atoms with Gasteiger partial charge < -0.3 is 11.5 Å². The summed E-state index contributed by atoms with van der Waals surface area (Å²) in [5, 5.41) is 0. The van der Waals surface area contributed by atoms with Crippen LogP contribution >= 0.6 is 0 Å². The van der Waals surface area contributed by atoms with Gasteiger partial charge in [-0.15, -0.1) is 0 Å². The molecule has 0 aliphatic rings. The van der Waals surface area contributed by atoms with Crippen LogP contribution in [0, 0.1) is 0 Å². The summed E-state index contributed by atoms with van der Waals surface area (Å²) in [6.07, 6.45) is 0. The quantitative estimate of drug-likeness (QED) is 0.785. The Labute approximate surface area is 97.9 Å². The highest BCUT2D eigenvalue weighted by Gasteiger charge is 2.35. The van der Waals surface area contributed by atoms with Crippen molar-refractivity contribution >= 4 is 11.4 Å². The lowest BCUT2D eigenvalue weighted by molar-refractivity contribution is 0.0437. The monoisotopic (exact) mass is 234 g/mol. The number of rotatable bonds is 2. The number of nitrogen functional groups attached to an aromatic ring is 2. The van der Waals surface area contributed by atoms with Crippen LogP contribution < -0.4 is 11.5 Å². The molecule has 0 heterocycles. The van der Waals surface area contributed by atoms with Gasteiger partial charge in [-0.3, -0.25) is 0 Å². The van der Waals surface area contributed by atoms with Crippen LogP contribution in [-0.4, -0.2) is 0 Å². The second-order valence-corrected chi connectivity index (χ2v) is 3.75. The number of nitrogens with two attached hydrogens (primary N) is 2. The van der Waals surface area contributed by atoms with E-state index in [2.05, 4.69) is 0 Å². The lowest BCUT2D eigenvalue weighted by Gasteiger charge is -2.19. The molecule has 0 aromatic heterocycles. The average Bonchev–Trinajstić information content (AvgIpc) is 2.33. The molecule has 0 bridgehead atoms. The molecular formula is C13H12F2N2. The summed E-state index contributed by atoms with van der Waals surface area (Å²) in [7, 11) is 0. The van der Waals surface area contributed by atoms with Gasteiger partial charge in [0.25, 0.3) is 0 Å². The van der Waals surface area contributed by atoms with Crippen molar-refractivity contribution in [3.05, 3.63) is 59.7 Å². The summed E-state index contributed by atoms with van der Waals surface area (Å²) in [5.74, 6) is -3.14. The van der Waals surface area contributed by atoms with E-state index in [1.165, 1.54) is 30.3 Å². The van der Waals surface area contributed by atoms with Gasteiger partial charge in [0.2, 0.25) is 0 Å². The molecule has 2 aromatic rings. The molecule has 0 aliphatic carbocycles. The van der Waals surface area contributed by atoms with Gasteiger partial charge in [0, 0.05) is 5.56 Å². The molecular weight excluding hydrogens is 222 g/mol. The van der Waals surface area contributed by atoms with Crippen molar-refractivity contribution in [2.45, 2.75) is 5.92 Å². The van der Waals surface area contributed by atoms with E-state index < -0.39 is 5.92 Å². The molecule has 2 nitrogen and oxygen atoms in total. The Hall–Kier alpha value is -2.10. The van der Waals surface area contributed by atoms with Crippen molar-refractivity contribution in [3.63, 3.8) is 0 Å². The zero-order chi connectivity index (χ0) is 12.5. The smallest absolute Gasteiger partial charge is 0.300 e. The van der Waals surface area contributed by atoms with Crippen LogP contribution in [0.3, 0.4) is 0 Å². The van der Waals surface area contributed by atoms with Crippen LogP contribution in [-0.2, 0) is 5.92 Å². The number of hydrogen-bond acceptors (Lipinski definition) is 2. The van der Waals surface area contributed by atoms with E-state index in [1.54, 1.807) is 18.2 Å². The van der Waals surface area contributed by atoms with Crippen LogP contribution in [0.15, 0.2) is 48.5 Å². The topological polar surface area (TPSA) is 52.0 Å². The van der Waals surface area contributed by atoms with Gasteiger partial charge >= 0.3 is 5.92 Å². The van der Waals surface area contributed by atoms with E-state index in [1.807, 2.05) is 0 Å². The third kappa shape index (κ3) is 1.93. The van der Waals surface area contributed by atoms with Gasteiger partial charge in [-0.1, -0.05) is 42.5 Å². The SMILES string of the molecule is Nc1cccc(C(F)(F)c2ccccc2)c1N. The zero-order valence-electron chi connectivity index (χ0n) is 9.03. The predicted octanol–water partition coefficient (Wildman–Crippen LogP) is 2.99. The second-order valence-electron chi connectivity index (χ2n) is 3.75. The Morgan fingerprint density at radius 1 is 0.824 bits per heavy atom. The standard InChI is InChI=1S/C13H12F2N2/c14-13(15,9-5-2-1-3-6-9)10-7-4-8-11(16)12(10)17/h1-8H,16-17H2. The fourth-order valence-electron chi connectivity index (χ4n) is 1.66. The van der Waals surface area contributed by atoms with Crippen molar-refractivity contribution in [2.75, 3.05) is 11.5 Å². The molecule has 4 heteroatoms. The molecule has 0 radical (unpaired) electrons. The fourth-order valence-corrected chi connectivity index (χ4v) is 1.66. The molecule has 0 saturated heterocycles. The molecule has 0 saturated carbocycles. The molecule has 0 fully saturated rings. The van der Waals surface area contributed by atoms with Crippen LogP contribution in [0.1, 0.15) is 11.1 Å². The first-order valence-corrected chi connectivity index (χ1v) is 5.11. The van der Waals surface area contributed by atoms with Gasteiger partial charge in [0.1, 0.15) is 0 Å². The molecule has 88 valence electrons. The first-order chi connectivity index (χ1) is 8.03. The Balaban J connectivity index is 2.56. The van der Waals surface area contributed by atoms with E-state index in [9.17, 15) is 8.78 Å². The highest BCUT2D eigenvalue weighted by atomic mass is 19.3. The largest absolute Gasteiger partial charge is 0.397 e. The maximum Gasteiger partial charge on any atom is 0.300 e. The predicted molar refractivity (Wildman–Crippen MR) is 64.7 cm³/mol. The number of halogens is 2. The van der Waals surface area contributed by atoms with Crippen molar-refractivity contribution in [1.82, 2.24) is 0 Å². The lowest BCUT2D eigenvalue weighted by Crippen LogP contribution is -2.18. The zero-order valence-corrected chi connectivity index (χ0v) is 9.03. The maximum absolute atomic E-state index is 14.2. The van der Waals surface area contributed by atoms with E-state index in [0.717, 1.165) is 0 Å². The number of alkyl halides is 2.